The maximum Gasteiger partial charge on any atom is 0.173 e. The fourth-order valence-electron chi connectivity index (χ4n) is 2.01. The number of Topliss-reactive ketones (excluding diaryl/α,β-unsaturated/α-hetero) is 1. The van der Waals surface area contributed by atoms with Gasteiger partial charge >= 0.3 is 0 Å². The molecule has 0 aliphatic heterocycles. The highest BCUT2D eigenvalue weighted by Gasteiger charge is 2.20. The molecule has 0 aliphatic carbocycles. The van der Waals surface area contributed by atoms with Crippen LogP contribution in [0.3, 0.4) is 0 Å². The highest BCUT2D eigenvalue weighted by molar-refractivity contribution is 6.00. The van der Waals surface area contributed by atoms with Gasteiger partial charge in [0, 0.05) is 19.2 Å². The Bertz CT molecular complexity index is 502. The summed E-state index contributed by atoms with van der Waals surface area (Å²) in [5, 5.41) is 4.04. The number of rotatable bonds is 4. The molecule has 0 saturated carbocycles. The van der Waals surface area contributed by atoms with Crippen molar-refractivity contribution in [3.63, 3.8) is 0 Å². The number of nitrogens with zero attached hydrogens (tertiary/aromatic N) is 2. The van der Waals surface area contributed by atoms with Gasteiger partial charge < -0.3 is 0 Å². The van der Waals surface area contributed by atoms with Crippen molar-refractivity contribution in [2.45, 2.75) is 19.3 Å². The van der Waals surface area contributed by atoms with E-state index >= 15 is 0 Å². The minimum Gasteiger partial charge on any atom is -0.293 e. The van der Waals surface area contributed by atoms with E-state index in [1.54, 1.807) is 17.1 Å². The molecule has 0 saturated heterocycles. The molecule has 1 aromatic heterocycles. The number of aryl methyl sites for hydroxylation is 1. The van der Waals surface area contributed by atoms with Crippen LogP contribution in [0, 0.1) is 0 Å². The average Bonchev–Trinajstić information content (AvgIpc) is 2.78. The van der Waals surface area contributed by atoms with Crippen LogP contribution in [0.25, 0.3) is 0 Å². The number of hydrogen-bond donors (Lipinski definition) is 0. The van der Waals surface area contributed by atoms with Gasteiger partial charge in [0.1, 0.15) is 0 Å². The molecule has 0 fully saturated rings. The van der Waals surface area contributed by atoms with Crippen LogP contribution >= 0.6 is 0 Å². The van der Waals surface area contributed by atoms with Gasteiger partial charge in [-0.1, -0.05) is 37.3 Å². The molecule has 2 aromatic rings. The fourth-order valence-corrected chi connectivity index (χ4v) is 2.01. The van der Waals surface area contributed by atoms with Crippen molar-refractivity contribution >= 4 is 5.78 Å². The quantitative estimate of drug-likeness (QED) is 0.754. The van der Waals surface area contributed by atoms with Crippen molar-refractivity contribution in [3.8, 4) is 0 Å². The number of ketones is 1. The Labute approximate surface area is 101 Å². The maximum absolute atomic E-state index is 12.3. The van der Waals surface area contributed by atoms with Crippen LogP contribution in [0.2, 0.25) is 0 Å². The molecule has 1 heterocycles. The zero-order valence-electron chi connectivity index (χ0n) is 10.1. The second-order valence-corrected chi connectivity index (χ2v) is 4.14. The van der Waals surface area contributed by atoms with Gasteiger partial charge in [-0.25, -0.2) is 0 Å². The third-order valence-electron chi connectivity index (χ3n) is 2.92. The van der Waals surface area contributed by atoms with Crippen molar-refractivity contribution < 1.29 is 4.79 Å². The van der Waals surface area contributed by atoms with E-state index in [0.29, 0.717) is 5.56 Å². The lowest BCUT2D eigenvalue weighted by Crippen LogP contribution is -2.11. The minimum atomic E-state index is -0.0691. The molecule has 0 aliphatic rings. The van der Waals surface area contributed by atoms with Crippen molar-refractivity contribution in [1.82, 2.24) is 9.78 Å². The highest BCUT2D eigenvalue weighted by Crippen LogP contribution is 2.23. The van der Waals surface area contributed by atoms with E-state index < -0.39 is 0 Å². The van der Waals surface area contributed by atoms with E-state index in [0.717, 1.165) is 12.0 Å². The molecule has 2 rings (SSSR count). The third kappa shape index (κ3) is 2.44. The lowest BCUT2D eigenvalue weighted by atomic mass is 9.90. The molecule has 0 radical (unpaired) electrons. The first-order valence-electron chi connectivity index (χ1n) is 5.80. The number of carbonyl (C=O) groups excluding carboxylic acids is 1. The van der Waals surface area contributed by atoms with Gasteiger partial charge in [0.25, 0.3) is 0 Å². The van der Waals surface area contributed by atoms with Crippen molar-refractivity contribution in [2.24, 2.45) is 7.05 Å². The van der Waals surface area contributed by atoms with Crippen molar-refractivity contribution in [1.29, 1.82) is 0 Å². The molecule has 1 aromatic carbocycles. The average molecular weight is 228 g/mol. The van der Waals surface area contributed by atoms with E-state index in [4.69, 9.17) is 0 Å². The Morgan fingerprint density at radius 3 is 2.59 bits per heavy atom. The summed E-state index contributed by atoms with van der Waals surface area (Å²) in [5.41, 5.74) is 1.76. The molecular weight excluding hydrogens is 212 g/mol. The zero-order chi connectivity index (χ0) is 12.3. The molecular formula is C14H16N2O. The van der Waals surface area contributed by atoms with Gasteiger partial charge in [0.05, 0.1) is 11.8 Å². The predicted molar refractivity (Wildman–Crippen MR) is 67.0 cm³/mol. The van der Waals surface area contributed by atoms with Gasteiger partial charge in [-0.3, -0.25) is 9.48 Å². The summed E-state index contributed by atoms with van der Waals surface area (Å²) in [4.78, 5) is 12.3. The SMILES string of the molecule is CCC(C(=O)c1cnn(C)c1)c1ccccc1. The summed E-state index contributed by atoms with van der Waals surface area (Å²) in [6, 6.07) is 9.90. The van der Waals surface area contributed by atoms with Gasteiger partial charge in [-0.05, 0) is 12.0 Å². The fraction of sp³-hybridized carbons (Fsp3) is 0.286. The van der Waals surface area contributed by atoms with Gasteiger partial charge in [0.15, 0.2) is 5.78 Å². The number of carbonyl (C=O) groups is 1. The highest BCUT2D eigenvalue weighted by atomic mass is 16.1. The van der Waals surface area contributed by atoms with Gasteiger partial charge in [0.2, 0.25) is 0 Å². The van der Waals surface area contributed by atoms with Gasteiger partial charge in [-0.15, -0.1) is 0 Å². The molecule has 0 N–H and O–H groups in total. The first-order valence-corrected chi connectivity index (χ1v) is 5.80. The molecule has 0 spiro atoms. The van der Waals surface area contributed by atoms with Crippen molar-refractivity contribution in [3.05, 3.63) is 53.9 Å². The van der Waals surface area contributed by atoms with E-state index in [-0.39, 0.29) is 11.7 Å². The second-order valence-electron chi connectivity index (χ2n) is 4.14. The van der Waals surface area contributed by atoms with E-state index in [2.05, 4.69) is 5.10 Å². The Balaban J connectivity index is 2.28. The number of aromatic nitrogens is 2. The van der Waals surface area contributed by atoms with Crippen LogP contribution in [0.15, 0.2) is 42.7 Å². The standard InChI is InChI=1S/C14H16N2O/c1-3-13(11-7-5-4-6-8-11)14(17)12-9-15-16(2)10-12/h4-10,13H,3H2,1-2H3. The van der Waals surface area contributed by atoms with Gasteiger partial charge in [-0.2, -0.15) is 5.10 Å². The smallest absolute Gasteiger partial charge is 0.173 e. The van der Waals surface area contributed by atoms with E-state index in [1.165, 1.54) is 0 Å². The number of benzene rings is 1. The summed E-state index contributed by atoms with van der Waals surface area (Å²) >= 11 is 0. The maximum atomic E-state index is 12.3. The lowest BCUT2D eigenvalue weighted by molar-refractivity contribution is 0.0957. The summed E-state index contributed by atoms with van der Waals surface area (Å²) in [7, 11) is 1.82. The van der Waals surface area contributed by atoms with Crippen LogP contribution in [0.1, 0.15) is 35.2 Å². The molecule has 88 valence electrons. The number of hydrogen-bond acceptors (Lipinski definition) is 2. The zero-order valence-corrected chi connectivity index (χ0v) is 10.1. The first kappa shape index (κ1) is 11.6. The third-order valence-corrected chi connectivity index (χ3v) is 2.92. The molecule has 3 heteroatoms. The van der Waals surface area contributed by atoms with Crippen LogP contribution in [0.5, 0.6) is 0 Å². The normalized spacial score (nSPS) is 12.4. The minimum absolute atomic E-state index is 0.0691. The molecule has 3 nitrogen and oxygen atoms in total. The van der Waals surface area contributed by atoms with Crippen LogP contribution < -0.4 is 0 Å². The first-order chi connectivity index (χ1) is 8.22. The van der Waals surface area contributed by atoms with Crippen molar-refractivity contribution in [2.75, 3.05) is 0 Å². The Morgan fingerprint density at radius 2 is 2.06 bits per heavy atom. The summed E-state index contributed by atoms with van der Waals surface area (Å²) in [6.07, 6.45) is 4.21. The molecule has 1 atom stereocenters. The van der Waals surface area contributed by atoms with E-state index in [1.807, 2.05) is 44.3 Å². The Hall–Kier alpha value is -1.90. The predicted octanol–water partition coefficient (Wildman–Crippen LogP) is 2.80. The molecule has 1 unspecified atom stereocenters. The Kier molecular flexibility index (Phi) is 3.38. The molecule has 17 heavy (non-hydrogen) atoms. The summed E-state index contributed by atoms with van der Waals surface area (Å²) < 4.78 is 1.66. The second kappa shape index (κ2) is 4.95. The summed E-state index contributed by atoms with van der Waals surface area (Å²) in [6.45, 7) is 2.03. The largest absolute Gasteiger partial charge is 0.293 e. The van der Waals surface area contributed by atoms with Crippen LogP contribution in [0.4, 0.5) is 0 Å². The summed E-state index contributed by atoms with van der Waals surface area (Å²) in [5.74, 6) is 0.0761. The van der Waals surface area contributed by atoms with E-state index in [9.17, 15) is 4.79 Å². The molecule has 0 amide bonds. The van der Waals surface area contributed by atoms with Crippen LogP contribution in [-0.2, 0) is 7.05 Å². The molecule has 0 bridgehead atoms. The lowest BCUT2D eigenvalue weighted by Gasteiger charge is -2.12. The topological polar surface area (TPSA) is 34.9 Å². The van der Waals surface area contributed by atoms with Crippen LogP contribution in [-0.4, -0.2) is 15.6 Å². The Morgan fingerprint density at radius 1 is 1.35 bits per heavy atom. The monoisotopic (exact) mass is 228 g/mol.